The molecule has 2 aromatic carbocycles. The third-order valence-corrected chi connectivity index (χ3v) is 3.94. The first-order chi connectivity index (χ1) is 10.6. The van der Waals surface area contributed by atoms with E-state index in [-0.39, 0.29) is 0 Å². The summed E-state index contributed by atoms with van der Waals surface area (Å²) in [7, 11) is 1.97. The fraction of sp³-hybridized carbons (Fsp3) is 0.167. The van der Waals surface area contributed by atoms with E-state index in [1.54, 1.807) is 0 Å². The number of carboxylic acid groups (broad SMARTS) is 1. The largest absolute Gasteiger partial charge is 0.480 e. The number of carboxylic acids is 1. The van der Waals surface area contributed by atoms with Crippen molar-refractivity contribution in [2.75, 3.05) is 0 Å². The van der Waals surface area contributed by atoms with Gasteiger partial charge >= 0.3 is 5.97 Å². The van der Waals surface area contributed by atoms with Gasteiger partial charge in [0.2, 0.25) is 0 Å². The van der Waals surface area contributed by atoms with Gasteiger partial charge in [-0.1, -0.05) is 42.5 Å². The van der Waals surface area contributed by atoms with E-state index < -0.39 is 12.0 Å². The molecule has 0 fully saturated rings. The lowest BCUT2D eigenvalue weighted by Gasteiger charge is -2.06. The van der Waals surface area contributed by atoms with E-state index in [4.69, 9.17) is 10.8 Å². The first kappa shape index (κ1) is 14.4. The molecule has 3 rings (SSSR count). The third kappa shape index (κ3) is 2.61. The highest BCUT2D eigenvalue weighted by molar-refractivity contribution is 5.89. The van der Waals surface area contributed by atoms with Gasteiger partial charge in [-0.3, -0.25) is 4.79 Å². The van der Waals surface area contributed by atoms with Crippen molar-refractivity contribution in [2.24, 2.45) is 12.8 Å². The van der Waals surface area contributed by atoms with E-state index in [2.05, 4.69) is 24.3 Å². The van der Waals surface area contributed by atoms with Crippen LogP contribution in [0.4, 0.5) is 0 Å². The number of fused-ring (bicyclic) bond motifs is 1. The zero-order chi connectivity index (χ0) is 15.7. The zero-order valence-corrected chi connectivity index (χ0v) is 12.4. The van der Waals surface area contributed by atoms with E-state index in [1.165, 1.54) is 0 Å². The monoisotopic (exact) mass is 294 g/mol. The molecule has 0 aliphatic rings. The van der Waals surface area contributed by atoms with Gasteiger partial charge in [0.15, 0.2) is 0 Å². The van der Waals surface area contributed by atoms with Gasteiger partial charge in [0.25, 0.3) is 0 Å². The second-order valence-corrected chi connectivity index (χ2v) is 5.51. The van der Waals surface area contributed by atoms with Crippen LogP contribution in [-0.4, -0.2) is 21.7 Å². The second kappa shape index (κ2) is 5.66. The number of aliphatic carboxylic acids is 1. The van der Waals surface area contributed by atoms with Crippen LogP contribution in [0.1, 0.15) is 5.56 Å². The number of nitrogens with zero attached hydrogens (tertiary/aromatic N) is 1. The van der Waals surface area contributed by atoms with Crippen molar-refractivity contribution in [2.45, 2.75) is 12.5 Å². The maximum absolute atomic E-state index is 11.0. The first-order valence-electron chi connectivity index (χ1n) is 7.18. The molecule has 4 heteroatoms. The van der Waals surface area contributed by atoms with Crippen molar-refractivity contribution in [3.63, 3.8) is 0 Å². The second-order valence-electron chi connectivity index (χ2n) is 5.51. The maximum Gasteiger partial charge on any atom is 0.320 e. The fourth-order valence-electron chi connectivity index (χ4n) is 2.76. The summed E-state index contributed by atoms with van der Waals surface area (Å²) in [6.45, 7) is 0. The quantitative estimate of drug-likeness (QED) is 0.777. The van der Waals surface area contributed by atoms with Crippen LogP contribution in [0.3, 0.4) is 0 Å². The van der Waals surface area contributed by atoms with Gasteiger partial charge in [0.05, 0.1) is 0 Å². The number of hydrogen-bond acceptors (Lipinski definition) is 2. The van der Waals surface area contributed by atoms with Crippen molar-refractivity contribution in [1.82, 2.24) is 4.57 Å². The van der Waals surface area contributed by atoms with Crippen LogP contribution in [-0.2, 0) is 18.3 Å². The molecule has 0 radical (unpaired) electrons. The Morgan fingerprint density at radius 3 is 2.59 bits per heavy atom. The van der Waals surface area contributed by atoms with Crippen molar-refractivity contribution in [1.29, 1.82) is 0 Å². The number of aromatic nitrogens is 1. The molecule has 0 aliphatic carbocycles. The number of rotatable bonds is 4. The summed E-state index contributed by atoms with van der Waals surface area (Å²) in [5, 5.41) is 10.0. The van der Waals surface area contributed by atoms with Crippen LogP contribution in [0.25, 0.3) is 22.0 Å². The average Bonchev–Trinajstić information content (AvgIpc) is 2.84. The van der Waals surface area contributed by atoms with Gasteiger partial charge in [-0.2, -0.15) is 0 Å². The van der Waals surface area contributed by atoms with Crippen molar-refractivity contribution in [3.05, 3.63) is 60.3 Å². The van der Waals surface area contributed by atoms with Crippen molar-refractivity contribution >= 4 is 16.9 Å². The number of carbonyl (C=O) groups is 1. The Balaban J connectivity index is 2.04. The summed E-state index contributed by atoms with van der Waals surface area (Å²) in [4.78, 5) is 11.0. The van der Waals surface area contributed by atoms with Crippen LogP contribution in [0.5, 0.6) is 0 Å². The highest BCUT2D eigenvalue weighted by Gasteiger charge is 2.16. The molecule has 0 saturated carbocycles. The normalized spacial score (nSPS) is 12.5. The van der Waals surface area contributed by atoms with Crippen LogP contribution in [0.2, 0.25) is 0 Å². The van der Waals surface area contributed by atoms with Crippen LogP contribution in [0.15, 0.2) is 54.7 Å². The Labute approximate surface area is 128 Å². The molecule has 0 bridgehead atoms. The Hall–Kier alpha value is -2.59. The van der Waals surface area contributed by atoms with Gasteiger partial charge in [0, 0.05) is 30.6 Å². The highest BCUT2D eigenvalue weighted by atomic mass is 16.4. The van der Waals surface area contributed by atoms with Crippen LogP contribution < -0.4 is 5.73 Å². The number of benzene rings is 2. The minimum absolute atomic E-state index is 0.331. The van der Waals surface area contributed by atoms with E-state index in [1.807, 2.05) is 42.1 Å². The molecule has 112 valence electrons. The molecule has 0 aliphatic heterocycles. The molecule has 4 nitrogen and oxygen atoms in total. The van der Waals surface area contributed by atoms with E-state index in [0.29, 0.717) is 6.42 Å². The Morgan fingerprint density at radius 1 is 1.18 bits per heavy atom. The summed E-state index contributed by atoms with van der Waals surface area (Å²) in [5.41, 5.74) is 10.0. The molecule has 1 atom stereocenters. The number of hydrogen-bond donors (Lipinski definition) is 2. The van der Waals surface area contributed by atoms with Gasteiger partial charge in [-0.25, -0.2) is 0 Å². The van der Waals surface area contributed by atoms with Crippen LogP contribution >= 0.6 is 0 Å². The van der Waals surface area contributed by atoms with Crippen molar-refractivity contribution in [3.8, 4) is 11.1 Å². The predicted octanol–water partition coefficient (Wildman–Crippen LogP) is 2.80. The third-order valence-electron chi connectivity index (χ3n) is 3.94. The summed E-state index contributed by atoms with van der Waals surface area (Å²) >= 11 is 0. The van der Waals surface area contributed by atoms with Gasteiger partial charge < -0.3 is 15.4 Å². The van der Waals surface area contributed by atoms with Crippen LogP contribution in [0, 0.1) is 0 Å². The Kier molecular flexibility index (Phi) is 3.69. The molecule has 1 aromatic heterocycles. The smallest absolute Gasteiger partial charge is 0.320 e. The molecule has 3 N–H and O–H groups in total. The summed E-state index contributed by atoms with van der Waals surface area (Å²) < 4.78 is 2.02. The fourth-order valence-corrected chi connectivity index (χ4v) is 2.76. The predicted molar refractivity (Wildman–Crippen MR) is 87.7 cm³/mol. The Morgan fingerprint density at radius 2 is 1.91 bits per heavy atom. The standard InChI is InChI=1S/C18H18N2O2/c1-20-11-14(9-16(19)18(21)22)15-8-7-13(10-17(15)20)12-5-3-2-4-6-12/h2-8,10-11,16H,9,19H2,1H3,(H,21,22). The average molecular weight is 294 g/mol. The molecule has 1 heterocycles. The Bertz CT molecular complexity index is 822. The minimum atomic E-state index is -0.974. The zero-order valence-electron chi connectivity index (χ0n) is 12.4. The van der Waals surface area contributed by atoms with E-state index in [0.717, 1.165) is 27.6 Å². The van der Waals surface area contributed by atoms with Gasteiger partial charge in [-0.15, -0.1) is 0 Å². The van der Waals surface area contributed by atoms with E-state index >= 15 is 0 Å². The molecule has 0 saturated heterocycles. The lowest BCUT2D eigenvalue weighted by Crippen LogP contribution is -2.32. The summed E-state index contributed by atoms with van der Waals surface area (Å²) in [6.07, 6.45) is 2.29. The number of aryl methyl sites for hydroxylation is 1. The molecule has 1 unspecified atom stereocenters. The molecular formula is C18H18N2O2. The summed E-state index contributed by atoms with van der Waals surface area (Å²) in [5.74, 6) is -0.974. The van der Waals surface area contributed by atoms with E-state index in [9.17, 15) is 4.79 Å². The first-order valence-corrected chi connectivity index (χ1v) is 7.18. The number of nitrogens with two attached hydrogens (primary N) is 1. The maximum atomic E-state index is 11.0. The van der Waals surface area contributed by atoms with Gasteiger partial charge in [-0.05, 0) is 22.8 Å². The molecule has 3 aromatic rings. The SMILES string of the molecule is Cn1cc(CC(N)C(=O)O)c2ccc(-c3ccccc3)cc21. The summed E-state index contributed by atoms with van der Waals surface area (Å²) in [6, 6.07) is 15.5. The molecule has 22 heavy (non-hydrogen) atoms. The lowest BCUT2D eigenvalue weighted by molar-refractivity contribution is -0.138. The minimum Gasteiger partial charge on any atom is -0.480 e. The highest BCUT2D eigenvalue weighted by Crippen LogP contribution is 2.27. The molecule has 0 spiro atoms. The molecular weight excluding hydrogens is 276 g/mol. The lowest BCUT2D eigenvalue weighted by atomic mass is 10.0. The van der Waals surface area contributed by atoms with Gasteiger partial charge in [0.1, 0.15) is 6.04 Å². The molecule has 0 amide bonds. The topological polar surface area (TPSA) is 68.2 Å². The van der Waals surface area contributed by atoms with Crippen molar-refractivity contribution < 1.29 is 9.90 Å².